The highest BCUT2D eigenvalue weighted by Crippen LogP contribution is 2.29. The molecule has 1 unspecified atom stereocenters. The highest BCUT2D eigenvalue weighted by Gasteiger charge is 2.30. The number of pyridine rings is 1. The number of carbonyl (C=O) groups is 1. The van der Waals surface area contributed by atoms with Gasteiger partial charge in [-0.3, -0.25) is 9.78 Å². The summed E-state index contributed by atoms with van der Waals surface area (Å²) in [6.07, 6.45) is 3.58. The molecule has 140 valence electrons. The molecule has 0 saturated carbocycles. The van der Waals surface area contributed by atoms with Crippen LogP contribution in [0.3, 0.4) is 0 Å². The maximum atomic E-state index is 13.1. The molecule has 3 aromatic rings. The van der Waals surface area contributed by atoms with E-state index in [-0.39, 0.29) is 24.4 Å². The fourth-order valence-corrected chi connectivity index (χ4v) is 4.16. The lowest BCUT2D eigenvalue weighted by molar-refractivity contribution is 0.0629. The number of aryl methyl sites for hydroxylation is 1. The molecule has 5 nitrogen and oxygen atoms in total. The Morgan fingerprint density at radius 2 is 2.11 bits per heavy atom. The van der Waals surface area contributed by atoms with Crippen LogP contribution in [0.25, 0.3) is 10.6 Å². The Labute approximate surface area is 168 Å². The second-order valence-corrected chi connectivity index (χ2v) is 7.22. The van der Waals surface area contributed by atoms with Crippen LogP contribution in [0.2, 0.25) is 0 Å². The number of hydrogen-bond donors (Lipinski definition) is 1. The van der Waals surface area contributed by atoms with Crippen LogP contribution in [0.15, 0.2) is 54.2 Å². The van der Waals surface area contributed by atoms with Crippen LogP contribution in [0.5, 0.6) is 0 Å². The maximum Gasteiger partial charge on any atom is 0.273 e. The van der Waals surface area contributed by atoms with Gasteiger partial charge in [-0.15, -0.1) is 23.7 Å². The zero-order valence-corrected chi connectivity index (χ0v) is 16.6. The number of halogens is 1. The molecule has 2 aromatic heterocycles. The van der Waals surface area contributed by atoms with E-state index < -0.39 is 0 Å². The predicted molar refractivity (Wildman–Crippen MR) is 110 cm³/mol. The summed E-state index contributed by atoms with van der Waals surface area (Å²) in [6.45, 7) is 4.24. The Morgan fingerprint density at radius 3 is 2.89 bits per heavy atom. The minimum atomic E-state index is -0.0199. The third-order valence-corrected chi connectivity index (χ3v) is 5.55. The van der Waals surface area contributed by atoms with Gasteiger partial charge < -0.3 is 10.2 Å². The fourth-order valence-electron chi connectivity index (χ4n) is 3.27. The molecule has 1 N–H and O–H groups in total. The van der Waals surface area contributed by atoms with E-state index in [9.17, 15) is 4.79 Å². The van der Waals surface area contributed by atoms with Crippen LogP contribution in [-0.4, -0.2) is 40.4 Å². The molecule has 4 rings (SSSR count). The van der Waals surface area contributed by atoms with Crippen molar-refractivity contribution in [2.24, 2.45) is 0 Å². The third kappa shape index (κ3) is 4.03. The number of benzene rings is 1. The van der Waals surface area contributed by atoms with Crippen molar-refractivity contribution in [1.29, 1.82) is 0 Å². The summed E-state index contributed by atoms with van der Waals surface area (Å²) in [5.74, 6) is -0.0172. The molecule has 1 amide bonds. The van der Waals surface area contributed by atoms with Gasteiger partial charge in [-0.05, 0) is 24.1 Å². The SMILES string of the molecule is Cc1ccccc1-c1nc(C(=O)N2CCNCC2c2cccnc2)cs1.Cl. The van der Waals surface area contributed by atoms with Crippen molar-refractivity contribution in [3.8, 4) is 10.6 Å². The number of rotatable bonds is 3. The normalized spacial score (nSPS) is 16.6. The first-order valence-electron chi connectivity index (χ1n) is 8.67. The quantitative estimate of drug-likeness (QED) is 0.727. The van der Waals surface area contributed by atoms with E-state index in [1.807, 2.05) is 46.8 Å². The first kappa shape index (κ1) is 19.5. The molecule has 1 aromatic carbocycles. The van der Waals surface area contributed by atoms with Gasteiger partial charge >= 0.3 is 0 Å². The number of piperazine rings is 1. The lowest BCUT2D eigenvalue weighted by atomic mass is 10.0. The van der Waals surface area contributed by atoms with E-state index in [0.717, 1.165) is 34.8 Å². The first-order chi connectivity index (χ1) is 12.7. The van der Waals surface area contributed by atoms with Gasteiger partial charge in [0.1, 0.15) is 10.7 Å². The van der Waals surface area contributed by atoms with Gasteiger partial charge in [0.2, 0.25) is 0 Å². The lowest BCUT2D eigenvalue weighted by Gasteiger charge is -2.36. The molecule has 0 radical (unpaired) electrons. The standard InChI is InChI=1S/C20H20N4OS.ClH/c1-14-5-2-3-7-16(14)19-23-17(13-26-19)20(25)24-10-9-22-12-18(24)15-6-4-8-21-11-15;/h2-8,11,13,18,22H,9-10,12H2,1H3;1H. The molecule has 1 fully saturated rings. The predicted octanol–water partition coefficient (Wildman–Crippen LogP) is 3.72. The van der Waals surface area contributed by atoms with E-state index in [2.05, 4.69) is 28.3 Å². The van der Waals surface area contributed by atoms with Crippen molar-refractivity contribution in [1.82, 2.24) is 20.2 Å². The first-order valence-corrected chi connectivity index (χ1v) is 9.55. The second-order valence-electron chi connectivity index (χ2n) is 6.36. The van der Waals surface area contributed by atoms with Gasteiger partial charge in [-0.25, -0.2) is 4.98 Å². The highest BCUT2D eigenvalue weighted by atomic mass is 35.5. The van der Waals surface area contributed by atoms with Crippen molar-refractivity contribution >= 4 is 29.7 Å². The van der Waals surface area contributed by atoms with Gasteiger partial charge in [0, 0.05) is 43.0 Å². The Hall–Kier alpha value is -2.28. The maximum absolute atomic E-state index is 13.1. The molecule has 1 aliphatic rings. The minimum absolute atomic E-state index is 0. The summed E-state index contributed by atoms with van der Waals surface area (Å²) in [5, 5.41) is 6.12. The topological polar surface area (TPSA) is 58.1 Å². The summed E-state index contributed by atoms with van der Waals surface area (Å²) in [4.78, 5) is 23.9. The van der Waals surface area contributed by atoms with E-state index in [1.54, 1.807) is 6.20 Å². The van der Waals surface area contributed by atoms with Crippen molar-refractivity contribution in [3.05, 3.63) is 71.0 Å². The van der Waals surface area contributed by atoms with Gasteiger partial charge in [-0.1, -0.05) is 30.3 Å². The summed E-state index contributed by atoms with van der Waals surface area (Å²) < 4.78 is 0. The van der Waals surface area contributed by atoms with Crippen molar-refractivity contribution in [2.45, 2.75) is 13.0 Å². The highest BCUT2D eigenvalue weighted by molar-refractivity contribution is 7.13. The second kappa shape index (κ2) is 8.61. The zero-order chi connectivity index (χ0) is 17.9. The van der Waals surface area contributed by atoms with Crippen LogP contribution in [0, 0.1) is 6.92 Å². The molecular formula is C20H21ClN4OS. The minimum Gasteiger partial charge on any atom is -0.328 e. The van der Waals surface area contributed by atoms with E-state index >= 15 is 0 Å². The number of nitrogens with one attached hydrogen (secondary N) is 1. The summed E-state index contributed by atoms with van der Waals surface area (Å²) in [6, 6.07) is 12.0. The molecular weight excluding hydrogens is 380 g/mol. The summed E-state index contributed by atoms with van der Waals surface area (Å²) in [5.41, 5.74) is 3.81. The number of nitrogens with zero attached hydrogens (tertiary/aromatic N) is 3. The van der Waals surface area contributed by atoms with Crippen molar-refractivity contribution < 1.29 is 4.79 Å². The molecule has 0 spiro atoms. The molecule has 1 aliphatic heterocycles. The Balaban J connectivity index is 0.00000210. The van der Waals surface area contributed by atoms with Crippen LogP contribution in [0.4, 0.5) is 0 Å². The molecule has 1 saturated heterocycles. The van der Waals surface area contributed by atoms with Gasteiger partial charge in [0.05, 0.1) is 6.04 Å². The third-order valence-electron chi connectivity index (χ3n) is 4.67. The van der Waals surface area contributed by atoms with E-state index in [1.165, 1.54) is 11.3 Å². The molecule has 0 bridgehead atoms. The average molecular weight is 401 g/mol. The van der Waals surface area contributed by atoms with Gasteiger partial charge in [-0.2, -0.15) is 0 Å². The van der Waals surface area contributed by atoms with Gasteiger partial charge in [0.15, 0.2) is 0 Å². The monoisotopic (exact) mass is 400 g/mol. The molecule has 1 atom stereocenters. The Morgan fingerprint density at radius 1 is 1.26 bits per heavy atom. The summed E-state index contributed by atoms with van der Waals surface area (Å²) >= 11 is 1.52. The number of hydrogen-bond acceptors (Lipinski definition) is 5. The van der Waals surface area contributed by atoms with Gasteiger partial charge in [0.25, 0.3) is 5.91 Å². The summed E-state index contributed by atoms with van der Waals surface area (Å²) in [7, 11) is 0. The Kier molecular flexibility index (Phi) is 6.21. The van der Waals surface area contributed by atoms with Crippen LogP contribution in [-0.2, 0) is 0 Å². The zero-order valence-electron chi connectivity index (χ0n) is 15.0. The largest absolute Gasteiger partial charge is 0.328 e. The lowest BCUT2D eigenvalue weighted by Crippen LogP contribution is -2.48. The molecule has 0 aliphatic carbocycles. The smallest absolute Gasteiger partial charge is 0.273 e. The molecule has 27 heavy (non-hydrogen) atoms. The Bertz CT molecular complexity index is 915. The molecule has 3 heterocycles. The average Bonchev–Trinajstić information content (AvgIpc) is 3.18. The number of carbonyl (C=O) groups excluding carboxylic acids is 1. The fraction of sp³-hybridized carbons (Fsp3) is 0.250. The van der Waals surface area contributed by atoms with Crippen LogP contribution >= 0.6 is 23.7 Å². The van der Waals surface area contributed by atoms with Crippen molar-refractivity contribution in [2.75, 3.05) is 19.6 Å². The van der Waals surface area contributed by atoms with E-state index in [4.69, 9.17) is 0 Å². The number of aromatic nitrogens is 2. The van der Waals surface area contributed by atoms with Crippen LogP contribution in [0.1, 0.15) is 27.7 Å². The number of amides is 1. The van der Waals surface area contributed by atoms with Crippen LogP contribution < -0.4 is 5.32 Å². The van der Waals surface area contributed by atoms with Crippen molar-refractivity contribution in [3.63, 3.8) is 0 Å². The van der Waals surface area contributed by atoms with E-state index in [0.29, 0.717) is 12.2 Å². The molecule has 7 heteroatoms. The number of thiazole rings is 1.